The van der Waals surface area contributed by atoms with E-state index in [-0.39, 0.29) is 11.7 Å². The van der Waals surface area contributed by atoms with E-state index in [1.54, 1.807) is 18.5 Å². The Kier molecular flexibility index (Phi) is 5.48. The lowest BCUT2D eigenvalue weighted by atomic mass is 10.2. The molecule has 0 spiro atoms. The normalized spacial score (nSPS) is 15.2. The molecule has 0 unspecified atom stereocenters. The Morgan fingerprint density at radius 3 is 2.39 bits per heavy atom. The Balaban J connectivity index is 1.35. The van der Waals surface area contributed by atoms with Crippen molar-refractivity contribution < 1.29 is 9.18 Å². The molecule has 0 atom stereocenters. The predicted octanol–water partition coefficient (Wildman–Crippen LogP) is 2.91. The molecule has 2 aromatic carbocycles. The van der Waals surface area contributed by atoms with Crippen molar-refractivity contribution in [3.05, 3.63) is 89.8 Å². The summed E-state index contributed by atoms with van der Waals surface area (Å²) in [5, 5.41) is 0. The van der Waals surface area contributed by atoms with E-state index in [4.69, 9.17) is 0 Å². The number of hydrogen-bond donors (Lipinski definition) is 0. The first kappa shape index (κ1) is 18.4. The van der Waals surface area contributed by atoms with Crippen molar-refractivity contribution in [2.75, 3.05) is 19.6 Å². The van der Waals surface area contributed by atoms with Gasteiger partial charge >= 0.3 is 0 Å². The molecule has 0 bridgehead atoms. The van der Waals surface area contributed by atoms with Crippen LogP contribution in [0.5, 0.6) is 0 Å². The third-order valence-electron chi connectivity index (χ3n) is 5.06. The van der Waals surface area contributed by atoms with Crippen molar-refractivity contribution in [1.29, 1.82) is 0 Å². The van der Waals surface area contributed by atoms with Gasteiger partial charge in [0.1, 0.15) is 5.82 Å². The highest BCUT2D eigenvalue weighted by atomic mass is 19.1. The summed E-state index contributed by atoms with van der Waals surface area (Å²) in [4.78, 5) is 20.9. The number of carbonyl (C=O) groups is 1. The fourth-order valence-corrected chi connectivity index (χ4v) is 3.50. The Morgan fingerprint density at radius 2 is 1.64 bits per heavy atom. The molecule has 1 aliphatic rings. The van der Waals surface area contributed by atoms with E-state index in [1.807, 2.05) is 46.0 Å². The molecule has 1 amide bonds. The van der Waals surface area contributed by atoms with Gasteiger partial charge in [-0.2, -0.15) is 0 Å². The van der Waals surface area contributed by atoms with Gasteiger partial charge in [-0.05, 0) is 23.3 Å². The van der Waals surface area contributed by atoms with E-state index >= 15 is 0 Å². The molecule has 0 aliphatic carbocycles. The zero-order valence-electron chi connectivity index (χ0n) is 15.7. The van der Waals surface area contributed by atoms with Crippen LogP contribution in [0, 0.1) is 5.82 Å². The summed E-state index contributed by atoms with van der Waals surface area (Å²) in [6.07, 6.45) is 3.62. The van der Waals surface area contributed by atoms with Crippen LogP contribution in [0.25, 0.3) is 0 Å². The largest absolute Gasteiger partial charge is 0.336 e. The number of piperazine rings is 1. The minimum absolute atomic E-state index is 0.153. The van der Waals surface area contributed by atoms with Gasteiger partial charge in [0.2, 0.25) is 5.91 Å². The number of aromatic nitrogens is 2. The van der Waals surface area contributed by atoms with Crippen LogP contribution in [0.4, 0.5) is 4.39 Å². The average molecular weight is 378 g/mol. The summed E-state index contributed by atoms with van der Waals surface area (Å²) in [5.74, 6) is -0.0822. The minimum atomic E-state index is -0.235. The minimum Gasteiger partial charge on any atom is -0.336 e. The molecule has 0 saturated carbocycles. The van der Waals surface area contributed by atoms with Crippen LogP contribution in [0.15, 0.2) is 67.1 Å². The number of rotatable bonds is 6. The molecular weight excluding hydrogens is 355 g/mol. The summed E-state index contributed by atoms with van der Waals surface area (Å²) in [6, 6.07) is 16.6. The maximum absolute atomic E-state index is 13.1. The molecule has 0 N–H and O–H groups in total. The van der Waals surface area contributed by atoms with Gasteiger partial charge in [-0.3, -0.25) is 9.69 Å². The summed E-state index contributed by atoms with van der Waals surface area (Å²) in [7, 11) is 0. The molecule has 2 heterocycles. The number of amides is 1. The van der Waals surface area contributed by atoms with Crippen LogP contribution in [-0.2, 0) is 24.4 Å². The number of benzene rings is 2. The third-order valence-corrected chi connectivity index (χ3v) is 5.06. The van der Waals surface area contributed by atoms with E-state index in [1.165, 1.54) is 12.1 Å². The SMILES string of the molecule is O=C1CN(Cc2cncn2Cc2ccc(F)cc2)CCN1Cc1ccccc1. The first-order chi connectivity index (χ1) is 13.7. The summed E-state index contributed by atoms with van der Waals surface area (Å²) in [6.45, 7) is 3.94. The molecule has 0 radical (unpaired) electrons. The second-order valence-corrected chi connectivity index (χ2v) is 7.15. The lowest BCUT2D eigenvalue weighted by molar-refractivity contribution is -0.136. The Bertz CT molecular complexity index is 923. The quantitative estimate of drug-likeness (QED) is 0.662. The molecule has 4 rings (SSSR count). The smallest absolute Gasteiger partial charge is 0.237 e. The summed E-state index contributed by atoms with van der Waals surface area (Å²) in [5.41, 5.74) is 3.22. The van der Waals surface area contributed by atoms with E-state index in [9.17, 15) is 9.18 Å². The Labute approximate surface area is 164 Å². The van der Waals surface area contributed by atoms with Gasteiger partial charge in [0.05, 0.1) is 18.6 Å². The fourth-order valence-electron chi connectivity index (χ4n) is 3.50. The Morgan fingerprint density at radius 1 is 0.893 bits per heavy atom. The summed E-state index contributed by atoms with van der Waals surface area (Å²) < 4.78 is 15.1. The van der Waals surface area contributed by atoms with E-state index in [0.717, 1.165) is 29.9 Å². The third kappa shape index (κ3) is 4.46. The predicted molar refractivity (Wildman–Crippen MR) is 105 cm³/mol. The number of nitrogens with zero attached hydrogens (tertiary/aromatic N) is 4. The lowest BCUT2D eigenvalue weighted by Gasteiger charge is -2.34. The van der Waals surface area contributed by atoms with Crippen LogP contribution in [0.3, 0.4) is 0 Å². The van der Waals surface area contributed by atoms with Crippen molar-refractivity contribution in [3.63, 3.8) is 0 Å². The van der Waals surface area contributed by atoms with Crippen molar-refractivity contribution in [2.24, 2.45) is 0 Å². The molecule has 144 valence electrons. The van der Waals surface area contributed by atoms with Gasteiger partial charge in [-0.1, -0.05) is 42.5 Å². The maximum atomic E-state index is 13.1. The second-order valence-electron chi connectivity index (χ2n) is 7.15. The monoisotopic (exact) mass is 378 g/mol. The number of hydrogen-bond acceptors (Lipinski definition) is 3. The fraction of sp³-hybridized carbons (Fsp3) is 0.273. The summed E-state index contributed by atoms with van der Waals surface area (Å²) >= 11 is 0. The topological polar surface area (TPSA) is 41.4 Å². The highest BCUT2D eigenvalue weighted by Crippen LogP contribution is 2.14. The molecule has 6 heteroatoms. The lowest BCUT2D eigenvalue weighted by Crippen LogP contribution is -2.49. The van der Waals surface area contributed by atoms with Crippen LogP contribution < -0.4 is 0 Å². The van der Waals surface area contributed by atoms with Gasteiger partial charge in [0, 0.05) is 38.9 Å². The van der Waals surface area contributed by atoms with Crippen LogP contribution in [-0.4, -0.2) is 44.9 Å². The van der Waals surface area contributed by atoms with Crippen molar-refractivity contribution in [3.8, 4) is 0 Å². The second kappa shape index (κ2) is 8.35. The number of carbonyl (C=O) groups excluding carboxylic acids is 1. The Hall–Kier alpha value is -2.99. The highest BCUT2D eigenvalue weighted by molar-refractivity contribution is 5.79. The average Bonchev–Trinajstić information content (AvgIpc) is 3.13. The number of halogens is 1. The molecule has 1 aromatic heterocycles. The van der Waals surface area contributed by atoms with E-state index < -0.39 is 0 Å². The van der Waals surface area contributed by atoms with Crippen molar-refractivity contribution >= 4 is 5.91 Å². The maximum Gasteiger partial charge on any atom is 0.237 e. The van der Waals surface area contributed by atoms with Crippen LogP contribution in [0.1, 0.15) is 16.8 Å². The van der Waals surface area contributed by atoms with Crippen molar-refractivity contribution in [1.82, 2.24) is 19.4 Å². The van der Waals surface area contributed by atoms with E-state index in [2.05, 4.69) is 9.88 Å². The van der Waals surface area contributed by atoms with Gasteiger partial charge in [-0.25, -0.2) is 9.37 Å². The first-order valence-corrected chi connectivity index (χ1v) is 9.45. The van der Waals surface area contributed by atoms with Crippen LogP contribution in [0.2, 0.25) is 0 Å². The zero-order chi connectivity index (χ0) is 19.3. The van der Waals surface area contributed by atoms with Crippen LogP contribution >= 0.6 is 0 Å². The van der Waals surface area contributed by atoms with Gasteiger partial charge in [0.25, 0.3) is 0 Å². The molecule has 1 aliphatic heterocycles. The number of imidazole rings is 1. The van der Waals surface area contributed by atoms with Gasteiger partial charge in [-0.15, -0.1) is 0 Å². The molecule has 5 nitrogen and oxygen atoms in total. The standard InChI is InChI=1S/C22H23FN4O/c23-20-8-6-19(7-9-20)14-27-17-24-12-21(27)15-25-10-11-26(22(28)16-25)13-18-4-2-1-3-5-18/h1-9,12,17H,10-11,13-16H2. The molecule has 1 saturated heterocycles. The first-order valence-electron chi connectivity index (χ1n) is 9.45. The van der Waals surface area contributed by atoms with Crippen molar-refractivity contribution in [2.45, 2.75) is 19.6 Å². The highest BCUT2D eigenvalue weighted by Gasteiger charge is 2.24. The molecule has 1 fully saturated rings. The van der Waals surface area contributed by atoms with Gasteiger partial charge in [0.15, 0.2) is 0 Å². The zero-order valence-corrected chi connectivity index (χ0v) is 15.7. The van der Waals surface area contributed by atoms with Gasteiger partial charge < -0.3 is 9.47 Å². The molecular formula is C22H23FN4O. The molecule has 28 heavy (non-hydrogen) atoms. The van der Waals surface area contributed by atoms with E-state index in [0.29, 0.717) is 26.2 Å². The molecule has 3 aromatic rings.